The molecule has 0 aliphatic rings. The van der Waals surface area contributed by atoms with Crippen molar-refractivity contribution >= 4 is 0 Å². The summed E-state index contributed by atoms with van der Waals surface area (Å²) in [5.74, 6) is 0.351. The molecule has 0 saturated carbocycles. The van der Waals surface area contributed by atoms with E-state index in [4.69, 9.17) is 10.5 Å². The maximum absolute atomic E-state index is 13.1. The van der Waals surface area contributed by atoms with Crippen LogP contribution < -0.4 is 10.5 Å². The molecule has 0 aromatic heterocycles. The molecule has 0 heterocycles. The first-order valence-electron chi connectivity index (χ1n) is 6.42. The molecular weight excluding hydrogens is 241 g/mol. The van der Waals surface area contributed by atoms with E-state index in [9.17, 15) is 4.39 Å². The molecule has 0 bridgehead atoms. The van der Waals surface area contributed by atoms with E-state index in [1.807, 2.05) is 12.1 Å². The van der Waals surface area contributed by atoms with E-state index in [1.165, 1.54) is 17.7 Å². The summed E-state index contributed by atoms with van der Waals surface area (Å²) in [6.45, 7) is 2.85. The summed E-state index contributed by atoms with van der Waals surface area (Å²) >= 11 is 0. The molecule has 0 unspecified atom stereocenters. The van der Waals surface area contributed by atoms with Gasteiger partial charge < -0.3 is 10.5 Å². The minimum atomic E-state index is -0.292. The van der Waals surface area contributed by atoms with Gasteiger partial charge in [0.1, 0.15) is 18.2 Å². The van der Waals surface area contributed by atoms with Crippen LogP contribution in [-0.2, 0) is 19.6 Å². The number of hydrogen-bond acceptors (Lipinski definition) is 2. The monoisotopic (exact) mass is 259 g/mol. The Balaban J connectivity index is 2.05. The highest BCUT2D eigenvalue weighted by molar-refractivity contribution is 5.34. The van der Waals surface area contributed by atoms with E-state index in [-0.39, 0.29) is 12.4 Å². The topological polar surface area (TPSA) is 35.2 Å². The quantitative estimate of drug-likeness (QED) is 0.893. The van der Waals surface area contributed by atoms with Crippen LogP contribution in [0.4, 0.5) is 4.39 Å². The molecule has 2 aromatic rings. The molecule has 2 aromatic carbocycles. The maximum atomic E-state index is 13.1. The third kappa shape index (κ3) is 3.55. The zero-order valence-electron chi connectivity index (χ0n) is 11.0. The summed E-state index contributed by atoms with van der Waals surface area (Å²) in [7, 11) is 0. The number of nitrogens with two attached hydrogens (primary N) is 1. The molecular formula is C16H18FNO. The van der Waals surface area contributed by atoms with Crippen molar-refractivity contribution in [2.24, 2.45) is 5.73 Å². The fourth-order valence-corrected chi connectivity index (χ4v) is 1.88. The highest BCUT2D eigenvalue weighted by atomic mass is 19.1. The van der Waals surface area contributed by atoms with Gasteiger partial charge >= 0.3 is 0 Å². The summed E-state index contributed by atoms with van der Waals surface area (Å²) < 4.78 is 18.8. The van der Waals surface area contributed by atoms with E-state index < -0.39 is 0 Å². The molecule has 100 valence electrons. The number of ether oxygens (including phenoxy) is 1. The van der Waals surface area contributed by atoms with Gasteiger partial charge in [-0.3, -0.25) is 0 Å². The second-order valence-electron chi connectivity index (χ2n) is 4.41. The Morgan fingerprint density at radius 1 is 1.05 bits per heavy atom. The Hall–Kier alpha value is -1.87. The zero-order chi connectivity index (χ0) is 13.7. The lowest BCUT2D eigenvalue weighted by atomic mass is 10.1. The van der Waals surface area contributed by atoms with Crippen LogP contribution in [0.3, 0.4) is 0 Å². The van der Waals surface area contributed by atoms with Crippen molar-refractivity contribution in [3.05, 3.63) is 65.0 Å². The Morgan fingerprint density at radius 2 is 1.74 bits per heavy atom. The van der Waals surface area contributed by atoms with E-state index in [0.717, 1.165) is 12.0 Å². The van der Waals surface area contributed by atoms with E-state index >= 15 is 0 Å². The first-order valence-corrected chi connectivity index (χ1v) is 6.42. The van der Waals surface area contributed by atoms with Gasteiger partial charge in [0.2, 0.25) is 0 Å². The molecule has 0 saturated heterocycles. The average Bonchev–Trinajstić information content (AvgIpc) is 2.46. The van der Waals surface area contributed by atoms with Gasteiger partial charge in [-0.15, -0.1) is 0 Å². The number of halogens is 1. The lowest BCUT2D eigenvalue weighted by Gasteiger charge is -2.10. The van der Waals surface area contributed by atoms with Crippen LogP contribution in [-0.4, -0.2) is 0 Å². The van der Waals surface area contributed by atoms with Crippen LogP contribution in [0, 0.1) is 5.82 Å². The Morgan fingerprint density at radius 3 is 2.37 bits per heavy atom. The summed E-state index contributed by atoms with van der Waals surface area (Å²) in [4.78, 5) is 0. The largest absolute Gasteiger partial charge is 0.489 e. The fraction of sp³-hybridized carbons (Fsp3) is 0.250. The van der Waals surface area contributed by atoms with Gasteiger partial charge in [-0.2, -0.15) is 0 Å². The zero-order valence-corrected chi connectivity index (χ0v) is 11.0. The first kappa shape index (κ1) is 13.6. The van der Waals surface area contributed by atoms with E-state index in [2.05, 4.69) is 19.1 Å². The molecule has 0 spiro atoms. The molecule has 0 fully saturated rings. The van der Waals surface area contributed by atoms with Crippen molar-refractivity contribution in [1.82, 2.24) is 0 Å². The lowest BCUT2D eigenvalue weighted by Crippen LogP contribution is -2.03. The summed E-state index contributed by atoms with van der Waals surface area (Å²) in [6.07, 6.45) is 1.02. The smallest absolute Gasteiger partial charge is 0.124 e. The highest BCUT2D eigenvalue weighted by Gasteiger charge is 2.04. The number of hydrogen-bond donors (Lipinski definition) is 1. The highest BCUT2D eigenvalue weighted by Crippen LogP contribution is 2.20. The van der Waals surface area contributed by atoms with E-state index in [1.54, 1.807) is 6.07 Å². The lowest BCUT2D eigenvalue weighted by molar-refractivity contribution is 0.302. The molecule has 0 aliphatic carbocycles. The summed E-state index contributed by atoms with van der Waals surface area (Å²) in [5, 5.41) is 0. The van der Waals surface area contributed by atoms with Crippen molar-refractivity contribution < 1.29 is 9.13 Å². The van der Waals surface area contributed by atoms with Crippen LogP contribution in [0.15, 0.2) is 42.5 Å². The van der Waals surface area contributed by atoms with E-state index in [0.29, 0.717) is 17.9 Å². The van der Waals surface area contributed by atoms with Crippen LogP contribution in [0.25, 0.3) is 0 Å². The number of aryl methyl sites for hydroxylation is 1. The molecule has 2 nitrogen and oxygen atoms in total. The Bertz CT molecular complexity index is 537. The normalized spacial score (nSPS) is 10.5. The van der Waals surface area contributed by atoms with Crippen molar-refractivity contribution in [2.75, 3.05) is 0 Å². The second kappa shape index (κ2) is 6.34. The van der Waals surface area contributed by atoms with Crippen molar-refractivity contribution in [2.45, 2.75) is 26.5 Å². The minimum Gasteiger partial charge on any atom is -0.489 e. The van der Waals surface area contributed by atoms with Gasteiger partial charge in [-0.25, -0.2) is 4.39 Å². The summed E-state index contributed by atoms with van der Waals surface area (Å²) in [6, 6.07) is 12.7. The number of benzene rings is 2. The molecule has 0 aliphatic heterocycles. The third-order valence-corrected chi connectivity index (χ3v) is 3.07. The van der Waals surface area contributed by atoms with Gasteiger partial charge in [0.05, 0.1) is 0 Å². The van der Waals surface area contributed by atoms with Crippen LogP contribution in [0.1, 0.15) is 23.6 Å². The first-order chi connectivity index (χ1) is 9.22. The predicted octanol–water partition coefficient (Wildman–Crippen LogP) is 3.43. The van der Waals surface area contributed by atoms with Crippen molar-refractivity contribution in [1.29, 1.82) is 0 Å². The molecule has 0 radical (unpaired) electrons. The van der Waals surface area contributed by atoms with Crippen LogP contribution in [0.2, 0.25) is 0 Å². The van der Waals surface area contributed by atoms with Gasteiger partial charge in [-0.1, -0.05) is 31.2 Å². The van der Waals surface area contributed by atoms with Gasteiger partial charge in [-0.05, 0) is 35.7 Å². The van der Waals surface area contributed by atoms with Crippen molar-refractivity contribution in [3.8, 4) is 5.75 Å². The van der Waals surface area contributed by atoms with Gasteiger partial charge in [0.15, 0.2) is 0 Å². The molecule has 0 amide bonds. The standard InChI is InChI=1S/C16H18FNO/c1-2-12-3-5-13(6-4-12)11-19-16-8-7-15(17)9-14(16)10-18/h3-9H,2,10-11,18H2,1H3. The van der Waals surface area contributed by atoms with Crippen molar-refractivity contribution in [3.63, 3.8) is 0 Å². The molecule has 2 N–H and O–H groups in total. The molecule has 19 heavy (non-hydrogen) atoms. The molecule has 2 rings (SSSR count). The Labute approximate surface area is 113 Å². The number of rotatable bonds is 5. The van der Waals surface area contributed by atoms with Crippen LogP contribution >= 0.6 is 0 Å². The minimum absolute atomic E-state index is 0.266. The second-order valence-corrected chi connectivity index (χ2v) is 4.41. The average molecular weight is 259 g/mol. The molecule has 3 heteroatoms. The Kier molecular flexibility index (Phi) is 4.53. The maximum Gasteiger partial charge on any atom is 0.124 e. The fourth-order valence-electron chi connectivity index (χ4n) is 1.88. The SMILES string of the molecule is CCc1ccc(COc2ccc(F)cc2CN)cc1. The van der Waals surface area contributed by atoms with Gasteiger partial charge in [0.25, 0.3) is 0 Å². The van der Waals surface area contributed by atoms with Crippen LogP contribution in [0.5, 0.6) is 5.75 Å². The predicted molar refractivity (Wildman–Crippen MR) is 74.4 cm³/mol. The third-order valence-electron chi connectivity index (χ3n) is 3.07. The van der Waals surface area contributed by atoms with Gasteiger partial charge in [0, 0.05) is 12.1 Å². The summed E-state index contributed by atoms with van der Waals surface area (Å²) in [5.41, 5.74) is 8.65. The molecule has 0 atom stereocenters.